The maximum atomic E-state index is 13.7. The van der Waals surface area contributed by atoms with Crippen LogP contribution in [0.5, 0.6) is 5.75 Å². The Balaban J connectivity index is 1.99. The molecular formula is C23H26N4O6S. The van der Waals surface area contributed by atoms with Crippen LogP contribution in [0.15, 0.2) is 78.2 Å². The van der Waals surface area contributed by atoms with Gasteiger partial charge in [0.25, 0.3) is 5.91 Å². The highest BCUT2D eigenvalue weighted by molar-refractivity contribution is 7.89. The lowest BCUT2D eigenvalue weighted by molar-refractivity contribution is -0.138. The SMILES string of the molecule is COc1ccc(S(=O)(=O)N(Cc2cccnc2)C(C(=O)NO)C(C)OCc2cccnc2)cc1. The molecule has 2 unspecified atom stereocenters. The lowest BCUT2D eigenvalue weighted by atomic mass is 10.1. The molecule has 3 rings (SSSR count). The molecule has 0 aliphatic rings. The molecule has 10 nitrogen and oxygen atoms in total. The van der Waals surface area contributed by atoms with Crippen molar-refractivity contribution in [2.45, 2.75) is 37.1 Å². The first-order valence-electron chi connectivity index (χ1n) is 10.4. The maximum absolute atomic E-state index is 13.7. The van der Waals surface area contributed by atoms with Crippen molar-refractivity contribution < 1.29 is 27.9 Å². The third-order valence-electron chi connectivity index (χ3n) is 5.10. The molecule has 2 atom stereocenters. The summed E-state index contributed by atoms with van der Waals surface area (Å²) in [5.41, 5.74) is 2.87. The van der Waals surface area contributed by atoms with Gasteiger partial charge < -0.3 is 9.47 Å². The van der Waals surface area contributed by atoms with Crippen LogP contribution < -0.4 is 10.2 Å². The van der Waals surface area contributed by atoms with Crippen LogP contribution in [-0.4, -0.2) is 53.1 Å². The monoisotopic (exact) mass is 486 g/mol. The minimum atomic E-state index is -4.22. The van der Waals surface area contributed by atoms with Crippen molar-refractivity contribution in [1.82, 2.24) is 19.8 Å². The zero-order chi connectivity index (χ0) is 24.6. The number of carbonyl (C=O) groups excluding carboxylic acids is 1. The predicted octanol–water partition coefficient (Wildman–Crippen LogP) is 2.16. The minimum absolute atomic E-state index is 0.0487. The summed E-state index contributed by atoms with van der Waals surface area (Å²) >= 11 is 0. The van der Waals surface area contributed by atoms with Crippen molar-refractivity contribution >= 4 is 15.9 Å². The van der Waals surface area contributed by atoms with Crippen LogP contribution in [0.2, 0.25) is 0 Å². The molecule has 11 heteroatoms. The van der Waals surface area contributed by atoms with Crippen LogP contribution in [0.1, 0.15) is 18.1 Å². The molecule has 0 aliphatic heterocycles. The predicted molar refractivity (Wildman–Crippen MR) is 122 cm³/mol. The van der Waals surface area contributed by atoms with Gasteiger partial charge in [-0.1, -0.05) is 12.1 Å². The molecule has 1 amide bonds. The summed E-state index contributed by atoms with van der Waals surface area (Å²) in [6, 6.07) is 11.3. The average Bonchev–Trinajstić information content (AvgIpc) is 2.88. The third-order valence-corrected chi connectivity index (χ3v) is 6.94. The van der Waals surface area contributed by atoms with Gasteiger partial charge in [0.15, 0.2) is 0 Å². The van der Waals surface area contributed by atoms with Gasteiger partial charge in [-0.3, -0.25) is 20.0 Å². The van der Waals surface area contributed by atoms with Gasteiger partial charge in [-0.15, -0.1) is 0 Å². The van der Waals surface area contributed by atoms with Crippen molar-refractivity contribution in [2.24, 2.45) is 0 Å². The van der Waals surface area contributed by atoms with E-state index < -0.39 is 28.1 Å². The van der Waals surface area contributed by atoms with Gasteiger partial charge in [0, 0.05) is 31.3 Å². The minimum Gasteiger partial charge on any atom is -0.497 e. The van der Waals surface area contributed by atoms with E-state index in [9.17, 15) is 18.4 Å². The summed E-state index contributed by atoms with van der Waals surface area (Å²) in [5.74, 6) is -0.449. The first-order valence-corrected chi connectivity index (χ1v) is 11.8. The third kappa shape index (κ3) is 6.14. The van der Waals surface area contributed by atoms with E-state index in [-0.39, 0.29) is 18.0 Å². The summed E-state index contributed by atoms with van der Waals surface area (Å²) in [6.45, 7) is 1.48. The normalized spacial score (nSPS) is 13.3. The molecule has 0 fully saturated rings. The number of ether oxygens (including phenoxy) is 2. The highest BCUT2D eigenvalue weighted by atomic mass is 32.2. The average molecular weight is 487 g/mol. The topological polar surface area (TPSA) is 131 Å². The number of methoxy groups -OCH3 is 1. The molecule has 0 radical (unpaired) electrons. The number of nitrogens with one attached hydrogen (secondary N) is 1. The molecule has 0 aliphatic carbocycles. The largest absolute Gasteiger partial charge is 0.497 e. The van der Waals surface area contributed by atoms with Crippen LogP contribution in [0.3, 0.4) is 0 Å². The molecule has 3 aromatic rings. The number of benzene rings is 1. The summed E-state index contributed by atoms with van der Waals surface area (Å²) < 4.78 is 39.4. The molecule has 0 spiro atoms. The van der Waals surface area contributed by atoms with E-state index in [0.29, 0.717) is 11.3 Å². The van der Waals surface area contributed by atoms with Crippen molar-refractivity contribution in [2.75, 3.05) is 7.11 Å². The Kier molecular flexibility index (Phi) is 8.66. The standard InChI is InChI=1S/C23H26N4O6S/c1-17(33-16-19-6-4-12-25-14-19)22(23(28)26-29)27(15-18-5-3-11-24-13-18)34(30,31)21-9-7-20(32-2)8-10-21/h3-14,17,22,29H,15-16H2,1-2H3,(H,26,28). The Bertz CT molecular complexity index is 1160. The van der Waals surface area contributed by atoms with E-state index in [1.54, 1.807) is 55.3 Å². The summed E-state index contributed by atoms with van der Waals surface area (Å²) in [4.78, 5) is 20.8. The second kappa shape index (κ2) is 11.7. The van der Waals surface area contributed by atoms with E-state index in [4.69, 9.17) is 9.47 Å². The first kappa shape index (κ1) is 25.2. The van der Waals surface area contributed by atoms with Crippen molar-refractivity contribution in [3.8, 4) is 5.75 Å². The number of aromatic nitrogens is 2. The van der Waals surface area contributed by atoms with Gasteiger partial charge in [-0.25, -0.2) is 13.9 Å². The molecule has 2 aromatic heterocycles. The van der Waals surface area contributed by atoms with Crippen molar-refractivity contribution in [1.29, 1.82) is 0 Å². The number of hydrogen-bond acceptors (Lipinski definition) is 8. The fourth-order valence-electron chi connectivity index (χ4n) is 3.33. The fraction of sp³-hybridized carbons (Fsp3) is 0.261. The van der Waals surface area contributed by atoms with Gasteiger partial charge in [0.05, 0.1) is 24.7 Å². The molecule has 2 heterocycles. The Morgan fingerprint density at radius 2 is 1.68 bits per heavy atom. The zero-order valence-electron chi connectivity index (χ0n) is 18.7. The van der Waals surface area contributed by atoms with Crippen LogP contribution in [-0.2, 0) is 32.7 Å². The van der Waals surface area contributed by atoms with Crippen LogP contribution >= 0.6 is 0 Å². The van der Waals surface area contributed by atoms with Crippen LogP contribution in [0.4, 0.5) is 0 Å². The van der Waals surface area contributed by atoms with Crippen molar-refractivity contribution in [3.05, 3.63) is 84.4 Å². The Labute approximate surface area is 198 Å². The van der Waals surface area contributed by atoms with Gasteiger partial charge in [0.2, 0.25) is 10.0 Å². The van der Waals surface area contributed by atoms with Gasteiger partial charge in [0.1, 0.15) is 11.8 Å². The number of sulfonamides is 1. The first-order chi connectivity index (χ1) is 16.4. The molecule has 1 aromatic carbocycles. The number of pyridine rings is 2. The second-order valence-corrected chi connectivity index (χ2v) is 9.28. The maximum Gasteiger partial charge on any atom is 0.264 e. The highest BCUT2D eigenvalue weighted by Crippen LogP contribution is 2.26. The number of nitrogens with zero attached hydrogens (tertiary/aromatic N) is 3. The van der Waals surface area contributed by atoms with Gasteiger partial charge >= 0.3 is 0 Å². The van der Waals surface area contributed by atoms with Gasteiger partial charge in [-0.05, 0) is 54.4 Å². The molecule has 0 bridgehead atoms. The highest BCUT2D eigenvalue weighted by Gasteiger charge is 2.40. The summed E-state index contributed by atoms with van der Waals surface area (Å²) in [6.07, 6.45) is 5.35. The van der Waals surface area contributed by atoms with E-state index in [1.807, 2.05) is 0 Å². The molecule has 34 heavy (non-hydrogen) atoms. The quantitative estimate of drug-likeness (QED) is 0.311. The van der Waals surface area contributed by atoms with Crippen LogP contribution in [0, 0.1) is 0 Å². The number of hydroxylamine groups is 1. The molecule has 180 valence electrons. The molecule has 0 saturated carbocycles. The van der Waals surface area contributed by atoms with E-state index in [1.165, 1.54) is 37.6 Å². The van der Waals surface area contributed by atoms with Crippen LogP contribution in [0.25, 0.3) is 0 Å². The van der Waals surface area contributed by atoms with E-state index >= 15 is 0 Å². The van der Waals surface area contributed by atoms with E-state index in [2.05, 4.69) is 9.97 Å². The van der Waals surface area contributed by atoms with E-state index in [0.717, 1.165) is 9.87 Å². The zero-order valence-corrected chi connectivity index (χ0v) is 19.6. The summed E-state index contributed by atoms with van der Waals surface area (Å²) in [5, 5.41) is 9.44. The lowest BCUT2D eigenvalue weighted by Crippen LogP contribution is -2.54. The summed E-state index contributed by atoms with van der Waals surface area (Å²) in [7, 11) is -2.75. The van der Waals surface area contributed by atoms with Crippen molar-refractivity contribution in [3.63, 3.8) is 0 Å². The number of rotatable bonds is 11. The molecule has 0 saturated heterocycles. The fourth-order valence-corrected chi connectivity index (χ4v) is 4.97. The smallest absolute Gasteiger partial charge is 0.264 e. The number of hydrogen-bond donors (Lipinski definition) is 2. The molecule has 2 N–H and O–H groups in total. The Morgan fingerprint density at radius 1 is 1.06 bits per heavy atom. The second-order valence-electron chi connectivity index (χ2n) is 7.39. The van der Waals surface area contributed by atoms with Gasteiger partial charge in [-0.2, -0.15) is 4.31 Å². The molecular weight excluding hydrogens is 460 g/mol. The Morgan fingerprint density at radius 3 is 2.21 bits per heavy atom. The number of carbonyl (C=O) groups is 1. The number of amides is 1. The Hall–Kier alpha value is -3.38. The lowest BCUT2D eigenvalue weighted by Gasteiger charge is -2.33.